The topological polar surface area (TPSA) is 82.1 Å². The number of carbonyl (C=O) groups is 2. The molecule has 1 aliphatic heterocycles. The highest BCUT2D eigenvalue weighted by atomic mass is 16.7. The molecular formula is C28H38O6. The van der Waals surface area contributed by atoms with E-state index < -0.39 is 29.0 Å². The molecule has 1 spiro atoms. The van der Waals surface area contributed by atoms with Crippen LogP contribution in [0.3, 0.4) is 0 Å². The van der Waals surface area contributed by atoms with Gasteiger partial charge in [-0.1, -0.05) is 39.3 Å². The number of esters is 1. The molecule has 6 nitrogen and oxygen atoms in total. The van der Waals surface area contributed by atoms with Crippen molar-refractivity contribution in [1.29, 1.82) is 0 Å². The van der Waals surface area contributed by atoms with Crippen LogP contribution in [0.1, 0.15) is 67.2 Å². The molecule has 0 aromatic carbocycles. The van der Waals surface area contributed by atoms with Gasteiger partial charge in [0.05, 0.1) is 17.9 Å². The van der Waals surface area contributed by atoms with Crippen molar-refractivity contribution in [2.24, 2.45) is 40.4 Å². The molecule has 0 amide bonds. The number of allylic oxidation sites excluding steroid dienone is 1. The summed E-state index contributed by atoms with van der Waals surface area (Å²) in [5.74, 6) is -1.05. The van der Waals surface area contributed by atoms with Crippen LogP contribution >= 0.6 is 0 Å². The van der Waals surface area contributed by atoms with Gasteiger partial charge in [0, 0.05) is 5.92 Å². The summed E-state index contributed by atoms with van der Waals surface area (Å²) < 4.78 is 18.6. The number of Topliss-reactive ketones (excluding diaryl/α,β-unsaturated/α-hetero) is 1. The SMILES string of the molecule is CC1=C[C@]23C(=O)[C@@H](C=C4COC(C)(C)O[C@H]4[C@]2(O)[C@H]1OC(=O)C1CCC1)[C@H]1[C@@H](C[C@H]3C)C1(C)C. The minimum Gasteiger partial charge on any atom is -0.454 e. The Morgan fingerprint density at radius 1 is 1.21 bits per heavy atom. The molecule has 0 radical (unpaired) electrons. The summed E-state index contributed by atoms with van der Waals surface area (Å²) in [6.45, 7) is 12.4. The maximum atomic E-state index is 14.6. The van der Waals surface area contributed by atoms with Crippen LogP contribution in [-0.4, -0.2) is 47.1 Å². The van der Waals surface area contributed by atoms with Crippen molar-refractivity contribution in [2.75, 3.05) is 6.61 Å². The highest BCUT2D eigenvalue weighted by molar-refractivity contribution is 5.95. The van der Waals surface area contributed by atoms with Crippen LogP contribution in [0.2, 0.25) is 0 Å². The lowest BCUT2D eigenvalue weighted by molar-refractivity contribution is -0.304. The third kappa shape index (κ3) is 2.68. The molecule has 1 saturated heterocycles. The predicted octanol–water partition coefficient (Wildman–Crippen LogP) is 3.96. The van der Waals surface area contributed by atoms with E-state index in [4.69, 9.17) is 14.2 Å². The van der Waals surface area contributed by atoms with Gasteiger partial charge in [-0.3, -0.25) is 9.59 Å². The monoisotopic (exact) mass is 470 g/mol. The molecule has 3 saturated carbocycles. The average molecular weight is 471 g/mol. The Kier molecular flexibility index (Phi) is 4.61. The van der Waals surface area contributed by atoms with Gasteiger partial charge in [0.25, 0.3) is 0 Å². The van der Waals surface area contributed by atoms with Crippen LogP contribution in [0.25, 0.3) is 0 Å². The highest BCUT2D eigenvalue weighted by Gasteiger charge is 2.77. The summed E-state index contributed by atoms with van der Waals surface area (Å²) in [5.41, 5.74) is -1.26. The van der Waals surface area contributed by atoms with E-state index in [0.717, 1.165) is 36.8 Å². The largest absolute Gasteiger partial charge is 0.454 e. The van der Waals surface area contributed by atoms with Crippen molar-refractivity contribution >= 4 is 11.8 Å². The third-order valence-electron chi connectivity index (χ3n) is 10.3. The van der Waals surface area contributed by atoms with Gasteiger partial charge in [-0.25, -0.2) is 0 Å². The van der Waals surface area contributed by atoms with Gasteiger partial charge in [-0.2, -0.15) is 0 Å². The van der Waals surface area contributed by atoms with Gasteiger partial charge in [-0.15, -0.1) is 0 Å². The van der Waals surface area contributed by atoms with Crippen LogP contribution in [0, 0.1) is 40.4 Å². The minimum absolute atomic E-state index is 0.0467. The molecule has 2 bridgehead atoms. The first-order valence-corrected chi connectivity index (χ1v) is 13.0. The summed E-state index contributed by atoms with van der Waals surface area (Å²) in [6, 6.07) is 0. The summed E-state index contributed by atoms with van der Waals surface area (Å²) in [7, 11) is 0. The quantitative estimate of drug-likeness (QED) is 0.486. The molecule has 0 aromatic heterocycles. The Labute approximate surface area is 202 Å². The minimum atomic E-state index is -1.71. The molecule has 0 aromatic rings. The zero-order valence-corrected chi connectivity index (χ0v) is 21.2. The Morgan fingerprint density at radius 2 is 1.91 bits per heavy atom. The van der Waals surface area contributed by atoms with Crippen molar-refractivity contribution in [3.63, 3.8) is 0 Å². The van der Waals surface area contributed by atoms with Crippen molar-refractivity contribution in [1.82, 2.24) is 0 Å². The zero-order chi connectivity index (χ0) is 24.4. The normalized spacial score (nSPS) is 48.1. The number of ether oxygens (including phenoxy) is 3. The second kappa shape index (κ2) is 6.83. The van der Waals surface area contributed by atoms with E-state index in [-0.39, 0.29) is 47.4 Å². The molecule has 0 unspecified atom stereocenters. The summed E-state index contributed by atoms with van der Waals surface area (Å²) >= 11 is 0. The van der Waals surface area contributed by atoms with Gasteiger partial charge in [0.1, 0.15) is 6.10 Å². The molecule has 1 heterocycles. The molecule has 8 atom stereocenters. The molecule has 34 heavy (non-hydrogen) atoms. The third-order valence-corrected chi connectivity index (χ3v) is 10.3. The Morgan fingerprint density at radius 3 is 2.56 bits per heavy atom. The summed E-state index contributed by atoms with van der Waals surface area (Å²) in [5, 5.41) is 12.9. The van der Waals surface area contributed by atoms with Crippen LogP contribution in [0.5, 0.6) is 0 Å². The Balaban J connectivity index is 1.53. The Bertz CT molecular complexity index is 1020. The van der Waals surface area contributed by atoms with Crippen LogP contribution in [0.15, 0.2) is 23.3 Å². The first-order chi connectivity index (χ1) is 15.8. The van der Waals surface area contributed by atoms with Crippen molar-refractivity contribution < 1.29 is 28.9 Å². The summed E-state index contributed by atoms with van der Waals surface area (Å²) in [4.78, 5) is 27.6. The van der Waals surface area contributed by atoms with E-state index in [1.807, 2.05) is 32.9 Å². The number of rotatable bonds is 2. The van der Waals surface area contributed by atoms with Crippen LogP contribution < -0.4 is 0 Å². The van der Waals surface area contributed by atoms with Crippen LogP contribution in [0.4, 0.5) is 0 Å². The predicted molar refractivity (Wildman–Crippen MR) is 124 cm³/mol. The lowest BCUT2D eigenvalue weighted by Crippen LogP contribution is -2.68. The van der Waals surface area contributed by atoms with E-state index in [1.54, 1.807) is 0 Å². The molecular weight excluding hydrogens is 432 g/mol. The lowest BCUT2D eigenvalue weighted by atomic mass is 9.58. The number of hydrogen-bond acceptors (Lipinski definition) is 6. The maximum absolute atomic E-state index is 14.6. The second-order valence-electron chi connectivity index (χ2n) is 12.9. The number of ketones is 1. The number of aliphatic hydroxyl groups is 1. The fourth-order valence-electron chi connectivity index (χ4n) is 8.16. The number of carbonyl (C=O) groups excluding carboxylic acids is 2. The highest BCUT2D eigenvalue weighted by Crippen LogP contribution is 2.72. The average Bonchev–Trinajstić information content (AvgIpc) is 3.19. The van der Waals surface area contributed by atoms with Gasteiger partial charge >= 0.3 is 5.97 Å². The molecule has 6 aliphatic rings. The van der Waals surface area contributed by atoms with Crippen molar-refractivity contribution in [3.05, 3.63) is 23.3 Å². The molecule has 6 heteroatoms. The molecule has 6 rings (SSSR count). The summed E-state index contributed by atoms with van der Waals surface area (Å²) in [6.07, 6.45) is 5.79. The van der Waals surface area contributed by atoms with Crippen molar-refractivity contribution in [3.8, 4) is 0 Å². The van der Waals surface area contributed by atoms with E-state index in [9.17, 15) is 14.7 Å². The van der Waals surface area contributed by atoms with Gasteiger partial charge < -0.3 is 19.3 Å². The van der Waals surface area contributed by atoms with Crippen molar-refractivity contribution in [2.45, 2.75) is 90.8 Å². The van der Waals surface area contributed by atoms with Crippen LogP contribution in [-0.2, 0) is 23.8 Å². The van der Waals surface area contributed by atoms with Gasteiger partial charge in [-0.05, 0) is 74.3 Å². The number of fused-ring (bicyclic) bond motifs is 5. The maximum Gasteiger partial charge on any atom is 0.309 e. The lowest BCUT2D eigenvalue weighted by Gasteiger charge is -2.53. The van der Waals surface area contributed by atoms with E-state index >= 15 is 0 Å². The van der Waals surface area contributed by atoms with E-state index in [2.05, 4.69) is 20.8 Å². The molecule has 5 aliphatic carbocycles. The second-order valence-corrected chi connectivity index (χ2v) is 12.9. The fraction of sp³-hybridized carbons (Fsp3) is 0.786. The standard InChI is InChI=1S/C28H38O6/c1-14-12-27-15(2)10-19-20(25(19,3)4)18(21(27)29)11-17-13-32-26(5,6)34-23(17)28(27,31)22(14)33-24(30)16-8-7-9-16/h11-12,15-16,18-20,22-23,31H,7-10,13H2,1-6H3/t15-,18+,19-,20+,22+,23-,27+,28-/m1/s1. The first-order valence-electron chi connectivity index (χ1n) is 13.0. The Hall–Kier alpha value is -1.50. The smallest absolute Gasteiger partial charge is 0.309 e. The molecule has 186 valence electrons. The molecule has 1 N–H and O–H groups in total. The first kappa shape index (κ1) is 22.9. The fourth-order valence-corrected chi connectivity index (χ4v) is 8.16. The molecule has 4 fully saturated rings. The van der Waals surface area contributed by atoms with Gasteiger partial charge in [0.2, 0.25) is 0 Å². The van der Waals surface area contributed by atoms with Gasteiger partial charge in [0.15, 0.2) is 23.3 Å². The van der Waals surface area contributed by atoms with E-state index in [0.29, 0.717) is 5.92 Å². The zero-order valence-electron chi connectivity index (χ0n) is 21.2. The number of hydrogen-bond donors (Lipinski definition) is 1. The van der Waals surface area contributed by atoms with E-state index in [1.165, 1.54) is 0 Å².